The van der Waals surface area contributed by atoms with Gasteiger partial charge in [0.15, 0.2) is 5.16 Å². The van der Waals surface area contributed by atoms with Crippen LogP contribution in [0.3, 0.4) is 0 Å². The first kappa shape index (κ1) is 15.3. The zero-order chi connectivity index (χ0) is 15.2. The Morgan fingerprint density at radius 3 is 2.71 bits per heavy atom. The number of benzene rings is 1. The van der Waals surface area contributed by atoms with Gasteiger partial charge in [-0.25, -0.2) is 9.97 Å². The van der Waals surface area contributed by atoms with E-state index in [1.807, 2.05) is 44.2 Å². The fourth-order valence-electron chi connectivity index (χ4n) is 1.76. The summed E-state index contributed by atoms with van der Waals surface area (Å²) in [6.45, 7) is 4.19. The first-order valence-corrected chi connectivity index (χ1v) is 7.52. The fraction of sp³-hybridized carbons (Fsp3) is 0.267. The molecule has 110 valence electrons. The predicted molar refractivity (Wildman–Crippen MR) is 84.8 cm³/mol. The molecule has 0 aliphatic heterocycles. The van der Waals surface area contributed by atoms with Crippen LogP contribution in [0.2, 0.25) is 0 Å². The second-order valence-electron chi connectivity index (χ2n) is 4.68. The first-order chi connectivity index (χ1) is 10.0. The molecule has 0 bridgehead atoms. The number of amides is 1. The second kappa shape index (κ2) is 7.08. The van der Waals surface area contributed by atoms with Gasteiger partial charge in [-0.3, -0.25) is 4.79 Å². The van der Waals surface area contributed by atoms with E-state index in [9.17, 15) is 4.79 Å². The summed E-state index contributed by atoms with van der Waals surface area (Å²) in [5, 5.41) is 3.14. The largest absolute Gasteiger partial charge is 0.384 e. The highest BCUT2D eigenvalue weighted by Gasteiger charge is 2.16. The Morgan fingerprint density at radius 2 is 2.05 bits per heavy atom. The maximum Gasteiger partial charge on any atom is 0.233 e. The predicted octanol–water partition coefficient (Wildman–Crippen LogP) is 2.16. The molecule has 2 aromatic rings. The molecule has 0 saturated heterocycles. The zero-order valence-electron chi connectivity index (χ0n) is 12.0. The van der Waals surface area contributed by atoms with E-state index in [0.29, 0.717) is 17.5 Å². The van der Waals surface area contributed by atoms with E-state index >= 15 is 0 Å². The summed E-state index contributed by atoms with van der Waals surface area (Å²) in [5.74, 6) is 0.370. The van der Waals surface area contributed by atoms with E-state index in [1.54, 1.807) is 6.07 Å². The highest BCUT2D eigenvalue weighted by atomic mass is 32.2. The Hall–Kier alpha value is -2.08. The van der Waals surface area contributed by atoms with Crippen molar-refractivity contribution < 1.29 is 4.79 Å². The molecule has 0 fully saturated rings. The van der Waals surface area contributed by atoms with Crippen LogP contribution in [0.1, 0.15) is 18.2 Å². The van der Waals surface area contributed by atoms with Crippen molar-refractivity contribution in [1.29, 1.82) is 0 Å². The number of carbonyl (C=O) groups is 1. The number of aryl methyl sites for hydroxylation is 1. The molecule has 5 nitrogen and oxygen atoms in total. The van der Waals surface area contributed by atoms with Crippen LogP contribution < -0.4 is 11.1 Å². The molecule has 0 spiro atoms. The summed E-state index contributed by atoms with van der Waals surface area (Å²) in [7, 11) is 0. The maximum absolute atomic E-state index is 12.1. The fourth-order valence-corrected chi connectivity index (χ4v) is 2.62. The molecule has 0 aliphatic carbocycles. The summed E-state index contributed by atoms with van der Waals surface area (Å²) >= 11 is 1.30. The smallest absolute Gasteiger partial charge is 0.233 e. The van der Waals surface area contributed by atoms with E-state index in [4.69, 9.17) is 5.73 Å². The molecule has 1 atom stereocenters. The normalized spacial score (nSPS) is 11.9. The van der Waals surface area contributed by atoms with E-state index in [-0.39, 0.29) is 11.2 Å². The topological polar surface area (TPSA) is 80.9 Å². The van der Waals surface area contributed by atoms with Gasteiger partial charge in [-0.05, 0) is 19.4 Å². The van der Waals surface area contributed by atoms with E-state index < -0.39 is 0 Å². The standard InChI is InChI=1S/C15H18N4OS/c1-10-8-13(16)19-15(18-10)21-11(2)14(20)17-9-12-6-4-3-5-7-12/h3-8,11H,9H2,1-2H3,(H,17,20)(H2,16,18,19)/t11-/m1/s1. The molecule has 1 amide bonds. The number of nitrogens with one attached hydrogen (secondary N) is 1. The third kappa shape index (κ3) is 4.75. The van der Waals surface area contributed by atoms with Gasteiger partial charge >= 0.3 is 0 Å². The number of aromatic nitrogens is 2. The Labute approximate surface area is 128 Å². The first-order valence-electron chi connectivity index (χ1n) is 6.64. The van der Waals surface area contributed by atoms with Gasteiger partial charge in [-0.15, -0.1) is 0 Å². The number of hydrogen-bond donors (Lipinski definition) is 2. The molecule has 3 N–H and O–H groups in total. The summed E-state index contributed by atoms with van der Waals surface area (Å²) in [5.41, 5.74) is 7.54. The van der Waals surface area contributed by atoms with Crippen molar-refractivity contribution in [3.63, 3.8) is 0 Å². The van der Waals surface area contributed by atoms with Crippen molar-refractivity contribution in [2.45, 2.75) is 30.8 Å². The Kier molecular flexibility index (Phi) is 5.16. The Bertz CT molecular complexity index is 598. The van der Waals surface area contributed by atoms with Gasteiger partial charge < -0.3 is 11.1 Å². The monoisotopic (exact) mass is 302 g/mol. The van der Waals surface area contributed by atoms with Gasteiger partial charge in [0.25, 0.3) is 0 Å². The van der Waals surface area contributed by atoms with E-state index in [1.165, 1.54) is 11.8 Å². The molecule has 0 saturated carbocycles. The maximum atomic E-state index is 12.1. The number of thioether (sulfide) groups is 1. The summed E-state index contributed by atoms with van der Waals surface area (Å²) in [4.78, 5) is 20.5. The van der Waals surface area contributed by atoms with Crippen molar-refractivity contribution in [3.05, 3.63) is 47.7 Å². The number of rotatable bonds is 5. The summed E-state index contributed by atoms with van der Waals surface area (Å²) in [6, 6.07) is 11.5. The lowest BCUT2D eigenvalue weighted by atomic mass is 10.2. The van der Waals surface area contributed by atoms with Gasteiger partial charge in [-0.1, -0.05) is 42.1 Å². The van der Waals surface area contributed by atoms with Crippen LogP contribution in [0.4, 0.5) is 5.82 Å². The van der Waals surface area contributed by atoms with Crippen LogP contribution >= 0.6 is 11.8 Å². The van der Waals surface area contributed by atoms with E-state index in [2.05, 4.69) is 15.3 Å². The molecule has 0 aliphatic rings. The highest BCUT2D eigenvalue weighted by molar-refractivity contribution is 8.00. The number of nitrogens with zero attached hydrogens (tertiary/aromatic N) is 2. The molecule has 1 aromatic heterocycles. The van der Waals surface area contributed by atoms with Crippen LogP contribution in [0.15, 0.2) is 41.6 Å². The third-order valence-electron chi connectivity index (χ3n) is 2.81. The molecule has 0 unspecified atom stereocenters. The quantitative estimate of drug-likeness (QED) is 0.653. The van der Waals surface area contributed by atoms with Crippen LogP contribution in [0, 0.1) is 6.92 Å². The summed E-state index contributed by atoms with van der Waals surface area (Å²) in [6.07, 6.45) is 0. The molecule has 21 heavy (non-hydrogen) atoms. The lowest BCUT2D eigenvalue weighted by Crippen LogP contribution is -2.30. The van der Waals surface area contributed by atoms with Crippen molar-refractivity contribution >= 4 is 23.5 Å². The number of hydrogen-bond acceptors (Lipinski definition) is 5. The number of carbonyl (C=O) groups excluding carboxylic acids is 1. The van der Waals surface area contributed by atoms with Crippen LogP contribution in [0.5, 0.6) is 0 Å². The minimum absolute atomic E-state index is 0.0486. The molecule has 2 rings (SSSR count). The molecule has 1 aromatic carbocycles. The number of nitrogen functional groups attached to an aromatic ring is 1. The SMILES string of the molecule is Cc1cc(N)nc(S[C@H](C)C(=O)NCc2ccccc2)n1. The number of anilines is 1. The number of nitrogens with two attached hydrogens (primary N) is 1. The van der Waals surface area contributed by atoms with Gasteiger partial charge in [-0.2, -0.15) is 0 Å². The van der Waals surface area contributed by atoms with Crippen molar-refractivity contribution in [3.8, 4) is 0 Å². The van der Waals surface area contributed by atoms with Crippen molar-refractivity contribution in [2.75, 3.05) is 5.73 Å². The van der Waals surface area contributed by atoms with Crippen molar-refractivity contribution in [1.82, 2.24) is 15.3 Å². The van der Waals surface area contributed by atoms with Gasteiger partial charge in [0.1, 0.15) is 5.82 Å². The van der Waals surface area contributed by atoms with Gasteiger partial charge in [0, 0.05) is 18.3 Å². The molecular formula is C15H18N4OS. The molecule has 6 heteroatoms. The van der Waals surface area contributed by atoms with Crippen LogP contribution in [-0.4, -0.2) is 21.1 Å². The molecule has 0 radical (unpaired) electrons. The average molecular weight is 302 g/mol. The Balaban J connectivity index is 1.90. The van der Waals surface area contributed by atoms with Gasteiger partial charge in [0.05, 0.1) is 5.25 Å². The van der Waals surface area contributed by atoms with Crippen LogP contribution in [-0.2, 0) is 11.3 Å². The minimum atomic E-state index is -0.282. The lowest BCUT2D eigenvalue weighted by molar-refractivity contribution is -0.120. The third-order valence-corrected chi connectivity index (χ3v) is 3.78. The van der Waals surface area contributed by atoms with E-state index in [0.717, 1.165) is 11.3 Å². The van der Waals surface area contributed by atoms with Crippen LogP contribution in [0.25, 0.3) is 0 Å². The second-order valence-corrected chi connectivity index (χ2v) is 5.99. The molecule has 1 heterocycles. The molecular weight excluding hydrogens is 284 g/mol. The lowest BCUT2D eigenvalue weighted by Gasteiger charge is -2.11. The Morgan fingerprint density at radius 1 is 1.33 bits per heavy atom. The highest BCUT2D eigenvalue weighted by Crippen LogP contribution is 2.20. The zero-order valence-corrected chi connectivity index (χ0v) is 12.9. The minimum Gasteiger partial charge on any atom is -0.384 e. The average Bonchev–Trinajstić information content (AvgIpc) is 2.44. The summed E-state index contributed by atoms with van der Waals surface area (Å²) < 4.78 is 0. The van der Waals surface area contributed by atoms with Gasteiger partial charge in [0.2, 0.25) is 5.91 Å². The van der Waals surface area contributed by atoms with Crippen molar-refractivity contribution in [2.24, 2.45) is 0 Å².